The van der Waals surface area contributed by atoms with Crippen LogP contribution in [0.4, 0.5) is 0 Å². The normalized spacial score (nSPS) is 32.6. The molecule has 19 heavy (non-hydrogen) atoms. The standard InChI is InChI=1S/C17H22BrCl/c18-16-9-7-13(8-10-16)17(19)15-6-5-12-3-1-2-4-14(12)11-15/h7-10,12,14-15,17H,1-6,11H2. The van der Waals surface area contributed by atoms with Gasteiger partial charge in [0.2, 0.25) is 0 Å². The molecule has 1 aromatic carbocycles. The molecule has 0 spiro atoms. The highest BCUT2D eigenvalue weighted by molar-refractivity contribution is 9.10. The van der Waals surface area contributed by atoms with Crippen LogP contribution in [0.1, 0.15) is 55.9 Å². The Bertz CT molecular complexity index is 414. The first-order valence-electron chi connectivity index (χ1n) is 7.63. The van der Waals surface area contributed by atoms with Gasteiger partial charge in [0, 0.05) is 4.47 Å². The van der Waals surface area contributed by atoms with Crippen LogP contribution in [-0.2, 0) is 0 Å². The Balaban J connectivity index is 1.67. The van der Waals surface area contributed by atoms with E-state index in [4.69, 9.17) is 11.6 Å². The van der Waals surface area contributed by atoms with Gasteiger partial charge in [-0.25, -0.2) is 0 Å². The summed E-state index contributed by atoms with van der Waals surface area (Å²) >= 11 is 10.2. The smallest absolute Gasteiger partial charge is 0.0613 e. The lowest BCUT2D eigenvalue weighted by atomic mass is 9.66. The molecule has 2 aliphatic rings. The summed E-state index contributed by atoms with van der Waals surface area (Å²) in [6, 6.07) is 8.57. The molecule has 0 saturated heterocycles. The molecule has 0 nitrogen and oxygen atoms in total. The van der Waals surface area contributed by atoms with Gasteiger partial charge < -0.3 is 0 Å². The Morgan fingerprint density at radius 1 is 0.947 bits per heavy atom. The number of hydrogen-bond donors (Lipinski definition) is 0. The van der Waals surface area contributed by atoms with Crippen molar-refractivity contribution in [2.75, 3.05) is 0 Å². The van der Waals surface area contributed by atoms with E-state index in [1.54, 1.807) is 0 Å². The van der Waals surface area contributed by atoms with Crippen LogP contribution in [0.3, 0.4) is 0 Å². The quantitative estimate of drug-likeness (QED) is 0.551. The van der Waals surface area contributed by atoms with Gasteiger partial charge in [-0.15, -0.1) is 11.6 Å². The van der Waals surface area contributed by atoms with E-state index in [1.807, 2.05) is 0 Å². The first-order valence-corrected chi connectivity index (χ1v) is 8.86. The van der Waals surface area contributed by atoms with Gasteiger partial charge >= 0.3 is 0 Å². The van der Waals surface area contributed by atoms with Crippen molar-refractivity contribution < 1.29 is 0 Å². The van der Waals surface area contributed by atoms with Crippen LogP contribution >= 0.6 is 27.5 Å². The van der Waals surface area contributed by atoms with Crippen molar-refractivity contribution >= 4 is 27.5 Å². The van der Waals surface area contributed by atoms with Crippen molar-refractivity contribution in [3.05, 3.63) is 34.3 Å². The summed E-state index contributed by atoms with van der Waals surface area (Å²) in [6.07, 6.45) is 9.92. The lowest BCUT2D eigenvalue weighted by Gasteiger charge is -2.40. The monoisotopic (exact) mass is 340 g/mol. The third-order valence-electron chi connectivity index (χ3n) is 5.18. The van der Waals surface area contributed by atoms with Crippen LogP contribution in [0, 0.1) is 17.8 Å². The van der Waals surface area contributed by atoms with Gasteiger partial charge in [-0.3, -0.25) is 0 Å². The molecule has 0 N–H and O–H groups in total. The molecule has 4 atom stereocenters. The molecule has 0 radical (unpaired) electrons. The van der Waals surface area contributed by atoms with Crippen molar-refractivity contribution in [2.45, 2.75) is 50.3 Å². The lowest BCUT2D eigenvalue weighted by molar-refractivity contribution is 0.127. The van der Waals surface area contributed by atoms with Crippen LogP contribution in [0.5, 0.6) is 0 Å². The van der Waals surface area contributed by atoms with Crippen molar-refractivity contribution in [3.8, 4) is 0 Å². The van der Waals surface area contributed by atoms with Crippen molar-refractivity contribution in [1.29, 1.82) is 0 Å². The van der Waals surface area contributed by atoms with E-state index in [2.05, 4.69) is 40.2 Å². The summed E-state index contributed by atoms with van der Waals surface area (Å²) < 4.78 is 1.14. The molecule has 4 unspecified atom stereocenters. The van der Waals surface area contributed by atoms with Gasteiger partial charge in [-0.2, -0.15) is 0 Å². The Morgan fingerprint density at radius 3 is 2.37 bits per heavy atom. The highest BCUT2D eigenvalue weighted by Crippen LogP contribution is 2.47. The van der Waals surface area contributed by atoms with Crippen molar-refractivity contribution in [3.63, 3.8) is 0 Å². The maximum Gasteiger partial charge on any atom is 0.0613 e. The van der Waals surface area contributed by atoms with Gasteiger partial charge in [0.1, 0.15) is 0 Å². The number of rotatable bonds is 2. The van der Waals surface area contributed by atoms with E-state index >= 15 is 0 Å². The molecule has 0 bridgehead atoms. The van der Waals surface area contributed by atoms with Crippen LogP contribution < -0.4 is 0 Å². The zero-order chi connectivity index (χ0) is 13.2. The maximum absolute atomic E-state index is 6.75. The number of halogens is 2. The van der Waals surface area contributed by atoms with E-state index in [9.17, 15) is 0 Å². The average molecular weight is 342 g/mol. The van der Waals surface area contributed by atoms with Gasteiger partial charge in [-0.1, -0.05) is 53.7 Å². The number of alkyl halides is 1. The third-order valence-corrected chi connectivity index (χ3v) is 6.32. The average Bonchev–Trinajstić information content (AvgIpc) is 2.47. The van der Waals surface area contributed by atoms with E-state index < -0.39 is 0 Å². The predicted molar refractivity (Wildman–Crippen MR) is 85.5 cm³/mol. The van der Waals surface area contributed by atoms with Crippen LogP contribution in [0.15, 0.2) is 28.7 Å². The summed E-state index contributed by atoms with van der Waals surface area (Å²) in [6.45, 7) is 0. The summed E-state index contributed by atoms with van der Waals surface area (Å²) in [5, 5.41) is 0.205. The van der Waals surface area contributed by atoms with Gasteiger partial charge in [0.15, 0.2) is 0 Å². The Hall–Kier alpha value is -0.0100. The summed E-state index contributed by atoms with van der Waals surface area (Å²) in [5.41, 5.74) is 1.30. The number of hydrogen-bond acceptors (Lipinski definition) is 0. The second-order valence-electron chi connectivity index (χ2n) is 6.33. The lowest BCUT2D eigenvalue weighted by Crippen LogP contribution is -2.29. The van der Waals surface area contributed by atoms with Crippen LogP contribution in [0.25, 0.3) is 0 Å². The minimum atomic E-state index is 0.205. The topological polar surface area (TPSA) is 0 Å². The van der Waals surface area contributed by atoms with E-state index in [-0.39, 0.29) is 5.38 Å². The zero-order valence-electron chi connectivity index (χ0n) is 11.3. The number of fused-ring (bicyclic) bond motifs is 1. The van der Waals surface area contributed by atoms with E-state index in [1.165, 1.54) is 50.5 Å². The molecule has 2 aliphatic carbocycles. The highest BCUT2D eigenvalue weighted by Gasteiger charge is 2.35. The first-order chi connectivity index (χ1) is 9.24. The predicted octanol–water partition coefficient (Wildman–Crippen LogP) is 6.34. The van der Waals surface area contributed by atoms with Gasteiger partial charge in [0.05, 0.1) is 5.38 Å². The van der Waals surface area contributed by atoms with Crippen molar-refractivity contribution in [1.82, 2.24) is 0 Å². The zero-order valence-corrected chi connectivity index (χ0v) is 13.7. The molecule has 3 rings (SSSR count). The minimum absolute atomic E-state index is 0.205. The fourth-order valence-electron chi connectivity index (χ4n) is 4.09. The fraction of sp³-hybridized carbons (Fsp3) is 0.647. The summed E-state index contributed by atoms with van der Waals surface area (Å²) in [5.74, 6) is 2.66. The summed E-state index contributed by atoms with van der Waals surface area (Å²) in [4.78, 5) is 0. The molecule has 1 aromatic rings. The summed E-state index contributed by atoms with van der Waals surface area (Å²) in [7, 11) is 0. The van der Waals surface area contributed by atoms with Crippen LogP contribution in [0.2, 0.25) is 0 Å². The highest BCUT2D eigenvalue weighted by atomic mass is 79.9. The van der Waals surface area contributed by atoms with Crippen LogP contribution in [-0.4, -0.2) is 0 Å². The molecule has 104 valence electrons. The molecule has 2 heteroatoms. The molecule has 2 fully saturated rings. The third kappa shape index (κ3) is 3.19. The Labute approximate surface area is 130 Å². The Morgan fingerprint density at radius 2 is 1.63 bits per heavy atom. The van der Waals surface area contributed by atoms with E-state index in [0.29, 0.717) is 5.92 Å². The largest absolute Gasteiger partial charge is 0.118 e. The second kappa shape index (κ2) is 6.18. The molecule has 0 aliphatic heterocycles. The van der Waals surface area contributed by atoms with Gasteiger partial charge in [0.25, 0.3) is 0 Å². The molecule has 2 saturated carbocycles. The van der Waals surface area contributed by atoms with Crippen molar-refractivity contribution in [2.24, 2.45) is 17.8 Å². The SMILES string of the molecule is ClC(c1ccc(Br)cc1)C1CCC2CCCCC2C1. The molecular formula is C17H22BrCl. The minimum Gasteiger partial charge on any atom is -0.118 e. The maximum atomic E-state index is 6.75. The number of benzene rings is 1. The first kappa shape index (κ1) is 13.9. The molecular weight excluding hydrogens is 320 g/mol. The molecule has 0 amide bonds. The fourth-order valence-corrected chi connectivity index (χ4v) is 4.73. The Kier molecular flexibility index (Phi) is 4.54. The molecule has 0 heterocycles. The van der Waals surface area contributed by atoms with E-state index in [0.717, 1.165) is 16.3 Å². The second-order valence-corrected chi connectivity index (χ2v) is 7.72. The van der Waals surface area contributed by atoms with Gasteiger partial charge in [-0.05, 0) is 54.7 Å². The molecule has 0 aromatic heterocycles.